The van der Waals surface area contributed by atoms with Gasteiger partial charge in [-0.15, -0.1) is 0 Å². The second-order valence-corrected chi connectivity index (χ2v) is 5.30. The van der Waals surface area contributed by atoms with Gasteiger partial charge < -0.3 is 14.7 Å². The van der Waals surface area contributed by atoms with Crippen LogP contribution in [0, 0.1) is 0 Å². The zero-order valence-electron chi connectivity index (χ0n) is 9.96. The Labute approximate surface area is 96.7 Å². The molecule has 0 aromatic carbocycles. The number of rotatable bonds is 10. The zero-order valence-corrected chi connectivity index (χ0v) is 10.9. The van der Waals surface area contributed by atoms with Gasteiger partial charge in [-0.2, -0.15) is 5.06 Å². The van der Waals surface area contributed by atoms with Gasteiger partial charge in [-0.3, -0.25) is 4.57 Å². The van der Waals surface area contributed by atoms with Crippen molar-refractivity contribution in [3.63, 3.8) is 0 Å². The smallest absolute Gasteiger partial charge is 0.347 e. The van der Waals surface area contributed by atoms with E-state index in [1.54, 1.807) is 6.92 Å². The maximum atomic E-state index is 12.1. The van der Waals surface area contributed by atoms with E-state index in [2.05, 4.69) is 0 Å². The molecule has 0 aliphatic heterocycles. The molecule has 0 aliphatic carbocycles. The lowest BCUT2D eigenvalue weighted by molar-refractivity contribution is -0.0865. The second kappa shape index (κ2) is 9.10. The van der Waals surface area contributed by atoms with Crippen LogP contribution in [0.25, 0.3) is 0 Å². The average molecular weight is 255 g/mol. The summed E-state index contributed by atoms with van der Waals surface area (Å²) < 4.78 is 22.5. The minimum Gasteiger partial charge on any atom is -0.395 e. The van der Waals surface area contributed by atoms with Gasteiger partial charge in [0, 0.05) is 13.1 Å². The fourth-order valence-electron chi connectivity index (χ4n) is 1.19. The number of aliphatic hydroxyl groups is 2. The lowest BCUT2D eigenvalue weighted by Gasteiger charge is -2.25. The van der Waals surface area contributed by atoms with Crippen LogP contribution in [-0.2, 0) is 13.7 Å². The maximum absolute atomic E-state index is 12.1. The molecule has 0 radical (unpaired) electrons. The van der Waals surface area contributed by atoms with Crippen LogP contribution < -0.4 is 0 Å². The average Bonchev–Trinajstić information content (AvgIpc) is 2.18. The minimum absolute atomic E-state index is 0.127. The van der Waals surface area contributed by atoms with Crippen LogP contribution in [0.2, 0.25) is 0 Å². The van der Waals surface area contributed by atoms with Crippen molar-refractivity contribution in [1.29, 1.82) is 0 Å². The summed E-state index contributed by atoms with van der Waals surface area (Å²) in [5, 5.41) is 18.9. The fraction of sp³-hybridized carbons (Fsp3) is 1.00. The molecule has 0 heterocycles. The summed E-state index contributed by atoms with van der Waals surface area (Å²) in [6.45, 7) is 4.08. The van der Waals surface area contributed by atoms with E-state index in [4.69, 9.17) is 19.4 Å². The van der Waals surface area contributed by atoms with E-state index >= 15 is 0 Å². The molecule has 0 aliphatic rings. The quantitative estimate of drug-likeness (QED) is 0.445. The van der Waals surface area contributed by atoms with E-state index in [0.717, 1.165) is 0 Å². The van der Waals surface area contributed by atoms with Crippen molar-refractivity contribution >= 4 is 7.60 Å². The number of hydrogen-bond donors (Lipinski definition) is 2. The molecular formula is C9H22NO5P. The Morgan fingerprint density at radius 2 is 1.75 bits per heavy atom. The van der Waals surface area contributed by atoms with Crippen LogP contribution in [0.3, 0.4) is 0 Å². The van der Waals surface area contributed by atoms with Gasteiger partial charge in [0.2, 0.25) is 0 Å². The van der Waals surface area contributed by atoms with E-state index in [1.165, 1.54) is 5.06 Å². The molecule has 0 fully saturated rings. The van der Waals surface area contributed by atoms with Crippen LogP contribution >= 0.6 is 7.60 Å². The van der Waals surface area contributed by atoms with Gasteiger partial charge in [-0.05, 0) is 13.3 Å². The Kier molecular flexibility index (Phi) is 9.12. The van der Waals surface area contributed by atoms with Gasteiger partial charge in [0.05, 0.1) is 26.0 Å². The predicted molar refractivity (Wildman–Crippen MR) is 61.2 cm³/mol. The highest BCUT2D eigenvalue weighted by Crippen LogP contribution is 2.49. The van der Waals surface area contributed by atoms with Gasteiger partial charge >= 0.3 is 7.60 Å². The van der Waals surface area contributed by atoms with Gasteiger partial charge in [0.15, 0.2) is 0 Å². The highest BCUT2D eigenvalue weighted by molar-refractivity contribution is 7.53. The van der Waals surface area contributed by atoms with Crippen molar-refractivity contribution in [2.24, 2.45) is 0 Å². The molecule has 0 rings (SSSR count). The van der Waals surface area contributed by atoms with Crippen LogP contribution in [0.5, 0.6) is 0 Å². The van der Waals surface area contributed by atoms with Gasteiger partial charge in [0.1, 0.15) is 0 Å². The summed E-state index contributed by atoms with van der Waals surface area (Å²) in [6.07, 6.45) is 1.01. The molecule has 0 aromatic heterocycles. The summed E-state index contributed by atoms with van der Waals surface area (Å²) in [6, 6.07) is 0. The molecule has 0 bridgehead atoms. The number of hydroxylamine groups is 2. The number of hydrogen-bond acceptors (Lipinski definition) is 6. The predicted octanol–water partition coefficient (Wildman–Crippen LogP) is 0.844. The van der Waals surface area contributed by atoms with Crippen LogP contribution in [0.4, 0.5) is 0 Å². The van der Waals surface area contributed by atoms with Crippen molar-refractivity contribution in [3.8, 4) is 0 Å². The third-order valence-electron chi connectivity index (χ3n) is 1.76. The Hall–Kier alpha value is 0.0300. The summed E-state index contributed by atoms with van der Waals surface area (Å²) in [4.78, 5) is 0. The van der Waals surface area contributed by atoms with E-state index in [-0.39, 0.29) is 26.3 Å². The van der Waals surface area contributed by atoms with Gasteiger partial charge in [-0.1, -0.05) is 6.92 Å². The van der Waals surface area contributed by atoms with Crippen molar-refractivity contribution in [1.82, 2.24) is 5.06 Å². The number of nitrogens with zero attached hydrogens (tertiary/aromatic N) is 1. The summed E-state index contributed by atoms with van der Waals surface area (Å²) >= 11 is 0. The fourth-order valence-corrected chi connectivity index (χ4v) is 2.91. The molecule has 1 atom stereocenters. The first-order valence-electron chi connectivity index (χ1n) is 5.51. The highest BCUT2D eigenvalue weighted by atomic mass is 31.2. The normalized spacial score (nSPS) is 15.3. The molecule has 2 N–H and O–H groups in total. The van der Waals surface area contributed by atoms with Crippen LogP contribution in [0.1, 0.15) is 20.3 Å². The van der Waals surface area contributed by atoms with E-state index in [0.29, 0.717) is 19.2 Å². The minimum atomic E-state index is -3.13. The third kappa shape index (κ3) is 6.58. The van der Waals surface area contributed by atoms with E-state index in [1.807, 2.05) is 6.92 Å². The molecule has 0 aromatic rings. The highest BCUT2D eigenvalue weighted by Gasteiger charge is 2.26. The maximum Gasteiger partial charge on any atom is 0.347 e. The molecule has 0 saturated heterocycles. The first kappa shape index (κ1) is 16.0. The van der Waals surface area contributed by atoms with E-state index < -0.39 is 7.60 Å². The Bertz CT molecular complexity index is 198. The SMILES string of the molecule is CCCP(=O)(OCC)ON(CCO)CCO. The van der Waals surface area contributed by atoms with Crippen molar-refractivity contribution in [2.45, 2.75) is 20.3 Å². The van der Waals surface area contributed by atoms with Crippen molar-refractivity contribution in [2.75, 3.05) is 39.1 Å². The standard InChI is InChI=1S/C9H22NO5P/c1-3-9-16(13,14-4-2)15-10(5-7-11)6-8-12/h11-12H,3-9H2,1-2H3. The molecular weight excluding hydrogens is 233 g/mol. The third-order valence-corrected chi connectivity index (χ3v) is 3.89. The zero-order chi connectivity index (χ0) is 12.4. The van der Waals surface area contributed by atoms with Crippen molar-refractivity contribution < 1.29 is 23.9 Å². The van der Waals surface area contributed by atoms with Crippen LogP contribution in [0.15, 0.2) is 0 Å². The monoisotopic (exact) mass is 255 g/mol. The Morgan fingerprint density at radius 3 is 2.12 bits per heavy atom. The molecule has 7 heteroatoms. The second-order valence-electron chi connectivity index (χ2n) is 3.21. The lowest BCUT2D eigenvalue weighted by atomic mass is 10.6. The molecule has 16 heavy (non-hydrogen) atoms. The largest absolute Gasteiger partial charge is 0.395 e. The number of aliphatic hydroxyl groups excluding tert-OH is 2. The molecule has 0 amide bonds. The lowest BCUT2D eigenvalue weighted by Crippen LogP contribution is -2.29. The van der Waals surface area contributed by atoms with Gasteiger partial charge in [0.25, 0.3) is 0 Å². The van der Waals surface area contributed by atoms with Crippen LogP contribution in [-0.4, -0.2) is 54.3 Å². The summed E-state index contributed by atoms with van der Waals surface area (Å²) in [5.74, 6) is 0. The molecule has 0 saturated carbocycles. The van der Waals surface area contributed by atoms with Crippen molar-refractivity contribution in [3.05, 3.63) is 0 Å². The Balaban J connectivity index is 4.36. The summed E-state index contributed by atoms with van der Waals surface area (Å²) in [5.41, 5.74) is 0. The topological polar surface area (TPSA) is 79.2 Å². The molecule has 98 valence electrons. The first-order chi connectivity index (χ1) is 7.61. The van der Waals surface area contributed by atoms with E-state index in [9.17, 15) is 4.57 Å². The Morgan fingerprint density at radius 1 is 1.19 bits per heavy atom. The van der Waals surface area contributed by atoms with Gasteiger partial charge in [-0.25, -0.2) is 4.62 Å². The molecule has 1 unspecified atom stereocenters. The first-order valence-corrected chi connectivity index (χ1v) is 7.24. The molecule has 0 spiro atoms. The summed E-state index contributed by atoms with van der Waals surface area (Å²) in [7, 11) is -3.13. The molecule has 6 nitrogen and oxygen atoms in total.